The van der Waals surface area contributed by atoms with Gasteiger partial charge in [0, 0.05) is 12.4 Å². The molecule has 1 fully saturated rings. The number of aliphatic carboxylic acids is 1. The molecule has 0 aromatic carbocycles. The summed E-state index contributed by atoms with van der Waals surface area (Å²) in [5.74, 6) is -0.390. The van der Waals surface area contributed by atoms with Crippen LogP contribution in [0.5, 0.6) is 0 Å². The number of thioether (sulfide) groups is 1. The van der Waals surface area contributed by atoms with Gasteiger partial charge in [-0.25, -0.2) is 8.42 Å². The molecule has 1 unspecified atom stereocenters. The van der Waals surface area contributed by atoms with Crippen molar-refractivity contribution in [3.05, 3.63) is 0 Å². The molecule has 0 aromatic rings. The van der Waals surface area contributed by atoms with Gasteiger partial charge >= 0.3 is 5.97 Å². The van der Waals surface area contributed by atoms with E-state index in [4.69, 9.17) is 9.84 Å². The Morgan fingerprint density at radius 3 is 2.76 bits per heavy atom. The number of nitrogens with one attached hydrogen (secondary N) is 1. The second-order valence-corrected chi connectivity index (χ2v) is 6.75. The Bertz CT molecular complexity index is 362. The van der Waals surface area contributed by atoms with Crippen LogP contribution in [0.15, 0.2) is 0 Å². The third-order valence-corrected chi connectivity index (χ3v) is 5.08. The van der Waals surface area contributed by atoms with Crippen molar-refractivity contribution < 1.29 is 23.1 Å². The molecule has 0 aromatic heterocycles. The van der Waals surface area contributed by atoms with Gasteiger partial charge in [-0.2, -0.15) is 16.5 Å². The summed E-state index contributed by atoms with van der Waals surface area (Å²) in [6.07, 6.45) is 0.320. The van der Waals surface area contributed by atoms with Gasteiger partial charge in [-0.1, -0.05) is 0 Å². The third kappa shape index (κ3) is 4.13. The summed E-state index contributed by atoms with van der Waals surface area (Å²) in [4.78, 5) is 11.2. The zero-order valence-electron chi connectivity index (χ0n) is 9.64. The summed E-state index contributed by atoms with van der Waals surface area (Å²) in [5, 5.41) is 9.13. The highest BCUT2D eigenvalue weighted by atomic mass is 32.2. The van der Waals surface area contributed by atoms with Gasteiger partial charge in [-0.3, -0.25) is 4.79 Å². The first kappa shape index (κ1) is 14.7. The summed E-state index contributed by atoms with van der Waals surface area (Å²) >= 11 is 1.44. The first-order chi connectivity index (χ1) is 7.92. The van der Waals surface area contributed by atoms with Crippen molar-refractivity contribution in [2.45, 2.75) is 18.9 Å². The SMILES string of the molecule is CCOCCS(=O)(=O)NC1(C(=O)O)CCSC1. The molecule has 2 N–H and O–H groups in total. The van der Waals surface area contributed by atoms with Crippen LogP contribution in [0.25, 0.3) is 0 Å². The normalized spacial score (nSPS) is 25.0. The molecule has 1 atom stereocenters. The number of carboxylic acid groups (broad SMARTS) is 1. The molecule has 1 aliphatic rings. The highest BCUT2D eigenvalue weighted by molar-refractivity contribution is 7.99. The zero-order chi connectivity index (χ0) is 12.9. The molecule has 1 rings (SSSR count). The summed E-state index contributed by atoms with van der Waals surface area (Å²) in [6, 6.07) is 0. The summed E-state index contributed by atoms with van der Waals surface area (Å²) in [7, 11) is -3.61. The van der Waals surface area contributed by atoms with Gasteiger partial charge in [0.2, 0.25) is 10.0 Å². The van der Waals surface area contributed by atoms with Crippen LogP contribution in [0.1, 0.15) is 13.3 Å². The third-order valence-electron chi connectivity index (χ3n) is 2.48. The van der Waals surface area contributed by atoms with Gasteiger partial charge in [0.1, 0.15) is 5.54 Å². The van der Waals surface area contributed by atoms with Gasteiger partial charge in [0.05, 0.1) is 12.4 Å². The lowest BCUT2D eigenvalue weighted by molar-refractivity contribution is -0.142. The quantitative estimate of drug-likeness (QED) is 0.634. The predicted octanol–water partition coefficient (Wildman–Crippen LogP) is -0.0974. The van der Waals surface area contributed by atoms with Crippen LogP contribution >= 0.6 is 11.8 Å². The van der Waals surface area contributed by atoms with E-state index in [1.165, 1.54) is 11.8 Å². The Hall–Kier alpha value is -0.310. The van der Waals surface area contributed by atoms with Crippen LogP contribution in [-0.2, 0) is 19.6 Å². The molecule has 0 aliphatic carbocycles. The van der Waals surface area contributed by atoms with Crippen molar-refractivity contribution in [3.63, 3.8) is 0 Å². The fourth-order valence-corrected chi connectivity index (χ4v) is 4.23. The molecule has 17 heavy (non-hydrogen) atoms. The minimum absolute atomic E-state index is 0.0781. The van der Waals surface area contributed by atoms with Crippen LogP contribution in [0.3, 0.4) is 0 Å². The monoisotopic (exact) mass is 283 g/mol. The molecule has 8 heteroatoms. The fraction of sp³-hybridized carbons (Fsp3) is 0.889. The number of sulfonamides is 1. The second kappa shape index (κ2) is 6.03. The lowest BCUT2D eigenvalue weighted by atomic mass is 10.0. The number of hydrogen-bond donors (Lipinski definition) is 2. The van der Waals surface area contributed by atoms with E-state index in [9.17, 15) is 13.2 Å². The Morgan fingerprint density at radius 1 is 1.59 bits per heavy atom. The maximum Gasteiger partial charge on any atom is 0.325 e. The molecular weight excluding hydrogens is 266 g/mol. The molecule has 100 valence electrons. The van der Waals surface area contributed by atoms with Gasteiger partial charge < -0.3 is 9.84 Å². The topological polar surface area (TPSA) is 92.7 Å². The van der Waals surface area contributed by atoms with Gasteiger partial charge in [0.25, 0.3) is 0 Å². The zero-order valence-corrected chi connectivity index (χ0v) is 11.3. The predicted molar refractivity (Wildman–Crippen MR) is 65.7 cm³/mol. The number of carbonyl (C=O) groups is 1. The molecule has 0 bridgehead atoms. The van der Waals surface area contributed by atoms with Crippen molar-refractivity contribution in [1.29, 1.82) is 0 Å². The Balaban J connectivity index is 2.64. The smallest absolute Gasteiger partial charge is 0.325 e. The van der Waals surface area contributed by atoms with Gasteiger partial charge in [0.15, 0.2) is 0 Å². The summed E-state index contributed by atoms with van der Waals surface area (Å²) < 4.78 is 30.7. The van der Waals surface area contributed by atoms with Crippen LogP contribution in [0.2, 0.25) is 0 Å². The van der Waals surface area contributed by atoms with E-state index in [1.807, 2.05) is 0 Å². The second-order valence-electron chi connectivity index (χ2n) is 3.81. The highest BCUT2D eigenvalue weighted by Crippen LogP contribution is 2.28. The molecule has 0 radical (unpaired) electrons. The van der Waals surface area contributed by atoms with Crippen molar-refractivity contribution in [2.24, 2.45) is 0 Å². The molecule has 1 saturated heterocycles. The van der Waals surface area contributed by atoms with Crippen molar-refractivity contribution in [2.75, 3.05) is 30.5 Å². The van der Waals surface area contributed by atoms with E-state index in [2.05, 4.69) is 4.72 Å². The lowest BCUT2D eigenvalue weighted by Crippen LogP contribution is -2.55. The van der Waals surface area contributed by atoms with E-state index in [0.717, 1.165) is 0 Å². The number of ether oxygens (including phenoxy) is 1. The average Bonchev–Trinajstić information content (AvgIpc) is 2.67. The van der Waals surface area contributed by atoms with E-state index < -0.39 is 21.5 Å². The average molecular weight is 283 g/mol. The minimum Gasteiger partial charge on any atom is -0.480 e. The van der Waals surface area contributed by atoms with Crippen molar-refractivity contribution >= 4 is 27.8 Å². The first-order valence-electron chi connectivity index (χ1n) is 5.32. The Kier molecular flexibility index (Phi) is 5.23. The van der Waals surface area contributed by atoms with E-state index in [-0.39, 0.29) is 18.1 Å². The first-order valence-corrected chi connectivity index (χ1v) is 8.13. The van der Waals surface area contributed by atoms with Gasteiger partial charge in [-0.05, 0) is 19.1 Å². The van der Waals surface area contributed by atoms with E-state index in [1.54, 1.807) is 6.92 Å². The Labute approximate surface area is 105 Å². The maximum atomic E-state index is 11.7. The maximum absolute atomic E-state index is 11.7. The molecule has 0 amide bonds. The van der Waals surface area contributed by atoms with E-state index in [0.29, 0.717) is 18.8 Å². The molecular formula is C9H17NO5S2. The summed E-state index contributed by atoms with van der Waals surface area (Å²) in [5.41, 5.74) is -1.34. The Morgan fingerprint density at radius 2 is 2.29 bits per heavy atom. The van der Waals surface area contributed by atoms with Crippen LogP contribution in [0, 0.1) is 0 Å². The highest BCUT2D eigenvalue weighted by Gasteiger charge is 2.44. The van der Waals surface area contributed by atoms with Crippen LogP contribution in [-0.4, -0.2) is 55.5 Å². The number of carboxylic acids is 1. The summed E-state index contributed by atoms with van der Waals surface area (Å²) in [6.45, 7) is 2.29. The van der Waals surface area contributed by atoms with E-state index >= 15 is 0 Å². The molecule has 6 nitrogen and oxygen atoms in total. The lowest BCUT2D eigenvalue weighted by Gasteiger charge is -2.24. The molecule has 1 aliphatic heterocycles. The van der Waals surface area contributed by atoms with Crippen molar-refractivity contribution in [3.8, 4) is 0 Å². The van der Waals surface area contributed by atoms with Crippen molar-refractivity contribution in [1.82, 2.24) is 4.72 Å². The number of rotatable bonds is 7. The molecule has 0 saturated carbocycles. The largest absolute Gasteiger partial charge is 0.480 e. The molecule has 1 heterocycles. The molecule has 0 spiro atoms. The van der Waals surface area contributed by atoms with Crippen LogP contribution in [0.4, 0.5) is 0 Å². The minimum atomic E-state index is -3.61. The fourth-order valence-electron chi connectivity index (χ4n) is 1.52. The van der Waals surface area contributed by atoms with Gasteiger partial charge in [-0.15, -0.1) is 0 Å². The number of hydrogen-bond acceptors (Lipinski definition) is 5. The standard InChI is InChI=1S/C9H17NO5S2/c1-2-15-4-6-17(13,14)10-9(8(11)12)3-5-16-7-9/h10H,2-7H2,1H3,(H,11,12). The van der Waals surface area contributed by atoms with Crippen LogP contribution < -0.4 is 4.72 Å².